The molecular weight excluding hydrogens is 421 g/mol. The molecular formula is C19H21Cl2N3O3S. The van der Waals surface area contributed by atoms with Crippen molar-refractivity contribution in [3.8, 4) is 0 Å². The predicted molar refractivity (Wildman–Crippen MR) is 114 cm³/mol. The molecule has 150 valence electrons. The fourth-order valence-corrected chi connectivity index (χ4v) is 3.95. The van der Waals surface area contributed by atoms with Crippen molar-refractivity contribution in [2.24, 2.45) is 0 Å². The minimum atomic E-state index is -3.43. The molecule has 0 unspecified atom stereocenters. The number of halogens is 2. The molecule has 0 radical (unpaired) electrons. The summed E-state index contributed by atoms with van der Waals surface area (Å²) in [4.78, 5) is 16.9. The van der Waals surface area contributed by atoms with E-state index in [0.717, 1.165) is 16.2 Å². The summed E-state index contributed by atoms with van der Waals surface area (Å²) >= 11 is 12.3. The van der Waals surface area contributed by atoms with Crippen LogP contribution in [0.5, 0.6) is 0 Å². The molecule has 3 rings (SSSR count). The van der Waals surface area contributed by atoms with E-state index in [-0.39, 0.29) is 5.91 Å². The molecule has 28 heavy (non-hydrogen) atoms. The molecule has 1 heterocycles. The Bertz CT molecular complexity index is 990. The second-order valence-corrected chi connectivity index (χ2v) is 9.51. The van der Waals surface area contributed by atoms with Crippen molar-refractivity contribution >= 4 is 50.5 Å². The number of benzene rings is 2. The van der Waals surface area contributed by atoms with Crippen LogP contribution in [0.2, 0.25) is 10.0 Å². The lowest BCUT2D eigenvalue weighted by molar-refractivity contribution is 0.0747. The lowest BCUT2D eigenvalue weighted by Gasteiger charge is -2.36. The van der Waals surface area contributed by atoms with Crippen LogP contribution in [0.15, 0.2) is 42.5 Å². The Morgan fingerprint density at radius 2 is 1.71 bits per heavy atom. The van der Waals surface area contributed by atoms with Crippen LogP contribution >= 0.6 is 23.2 Å². The first-order valence-corrected chi connectivity index (χ1v) is 11.3. The van der Waals surface area contributed by atoms with Gasteiger partial charge in [0.2, 0.25) is 10.0 Å². The summed E-state index contributed by atoms with van der Waals surface area (Å²) in [5, 5.41) is 0.975. The van der Waals surface area contributed by atoms with Crippen molar-refractivity contribution in [2.45, 2.75) is 0 Å². The number of piperazine rings is 1. The summed E-state index contributed by atoms with van der Waals surface area (Å²) in [5.74, 6) is -0.209. The van der Waals surface area contributed by atoms with Crippen molar-refractivity contribution in [3.05, 3.63) is 58.1 Å². The van der Waals surface area contributed by atoms with E-state index in [9.17, 15) is 13.2 Å². The van der Waals surface area contributed by atoms with Crippen molar-refractivity contribution in [1.29, 1.82) is 0 Å². The Hall–Kier alpha value is -1.96. The average Bonchev–Trinajstić information content (AvgIpc) is 2.67. The van der Waals surface area contributed by atoms with E-state index in [2.05, 4.69) is 4.90 Å². The number of hydrogen-bond donors (Lipinski definition) is 0. The van der Waals surface area contributed by atoms with Gasteiger partial charge in [-0.15, -0.1) is 0 Å². The van der Waals surface area contributed by atoms with Crippen molar-refractivity contribution < 1.29 is 13.2 Å². The lowest BCUT2D eigenvalue weighted by atomic mass is 10.1. The number of sulfonamides is 1. The molecule has 0 aliphatic carbocycles. The Morgan fingerprint density at radius 3 is 2.32 bits per heavy atom. The monoisotopic (exact) mass is 441 g/mol. The highest BCUT2D eigenvalue weighted by molar-refractivity contribution is 7.92. The fourth-order valence-electron chi connectivity index (χ4n) is 3.08. The van der Waals surface area contributed by atoms with Gasteiger partial charge in [0, 0.05) is 43.9 Å². The quantitative estimate of drug-likeness (QED) is 0.729. The lowest BCUT2D eigenvalue weighted by Crippen LogP contribution is -2.48. The van der Waals surface area contributed by atoms with Crippen LogP contribution in [-0.2, 0) is 10.0 Å². The number of anilines is 2. The zero-order chi connectivity index (χ0) is 20.5. The van der Waals surface area contributed by atoms with Gasteiger partial charge in [0.1, 0.15) is 0 Å². The first-order valence-electron chi connectivity index (χ1n) is 8.70. The molecule has 1 aliphatic rings. The smallest absolute Gasteiger partial charge is 0.255 e. The summed E-state index contributed by atoms with van der Waals surface area (Å²) in [6, 6.07) is 12.3. The normalized spacial score (nSPS) is 14.9. The van der Waals surface area contributed by atoms with Gasteiger partial charge in [-0.1, -0.05) is 29.3 Å². The minimum absolute atomic E-state index is 0.209. The summed E-state index contributed by atoms with van der Waals surface area (Å²) in [7, 11) is -1.99. The summed E-state index contributed by atoms with van der Waals surface area (Å²) in [5.41, 5.74) is 1.72. The van der Waals surface area contributed by atoms with E-state index in [1.165, 1.54) is 13.1 Å². The van der Waals surface area contributed by atoms with Gasteiger partial charge in [0.05, 0.1) is 22.5 Å². The zero-order valence-corrected chi connectivity index (χ0v) is 17.9. The minimum Gasteiger partial charge on any atom is -0.368 e. The first-order chi connectivity index (χ1) is 13.2. The summed E-state index contributed by atoms with van der Waals surface area (Å²) < 4.78 is 24.7. The Kier molecular flexibility index (Phi) is 6.07. The van der Waals surface area contributed by atoms with E-state index in [0.29, 0.717) is 47.5 Å². The molecule has 9 heteroatoms. The number of amides is 1. The van der Waals surface area contributed by atoms with E-state index < -0.39 is 10.0 Å². The van der Waals surface area contributed by atoms with Gasteiger partial charge in [-0.3, -0.25) is 9.10 Å². The van der Waals surface area contributed by atoms with Crippen LogP contribution in [0, 0.1) is 0 Å². The second-order valence-electron chi connectivity index (χ2n) is 6.65. The van der Waals surface area contributed by atoms with Crippen LogP contribution in [0.3, 0.4) is 0 Å². The van der Waals surface area contributed by atoms with E-state index in [1.54, 1.807) is 17.0 Å². The molecule has 6 nitrogen and oxygen atoms in total. The van der Waals surface area contributed by atoms with Gasteiger partial charge < -0.3 is 9.80 Å². The third kappa shape index (κ3) is 4.54. The standard InChI is InChI=1S/C19H21Cl2N3O3S/c1-22(28(2,26)27)15-6-7-18(21)17(13-15)19(25)24-10-8-23(9-11-24)16-5-3-4-14(20)12-16/h3-7,12-13H,8-11H2,1-2H3. The highest BCUT2D eigenvalue weighted by Gasteiger charge is 2.25. The van der Waals surface area contributed by atoms with Crippen LogP contribution in [0.25, 0.3) is 0 Å². The van der Waals surface area contributed by atoms with E-state index >= 15 is 0 Å². The summed E-state index contributed by atoms with van der Waals surface area (Å²) in [6.07, 6.45) is 1.11. The van der Waals surface area contributed by atoms with Crippen molar-refractivity contribution in [2.75, 3.05) is 48.7 Å². The molecule has 1 fully saturated rings. The van der Waals surface area contributed by atoms with Gasteiger partial charge in [-0.2, -0.15) is 0 Å². The molecule has 0 aromatic heterocycles. The number of rotatable bonds is 4. The zero-order valence-electron chi connectivity index (χ0n) is 15.6. The largest absolute Gasteiger partial charge is 0.368 e. The maximum atomic E-state index is 13.0. The average molecular weight is 442 g/mol. The van der Waals surface area contributed by atoms with Crippen molar-refractivity contribution in [3.63, 3.8) is 0 Å². The van der Waals surface area contributed by atoms with Crippen molar-refractivity contribution in [1.82, 2.24) is 4.90 Å². The van der Waals surface area contributed by atoms with Crippen LogP contribution < -0.4 is 9.21 Å². The third-order valence-electron chi connectivity index (χ3n) is 4.78. The molecule has 0 atom stereocenters. The van der Waals surface area contributed by atoms with E-state index in [1.807, 2.05) is 24.3 Å². The molecule has 2 aromatic rings. The molecule has 0 spiro atoms. The maximum Gasteiger partial charge on any atom is 0.255 e. The molecule has 1 amide bonds. The second kappa shape index (κ2) is 8.19. The van der Waals surface area contributed by atoms with Gasteiger partial charge in [-0.05, 0) is 36.4 Å². The fraction of sp³-hybridized carbons (Fsp3) is 0.316. The number of carbonyl (C=O) groups excluding carboxylic acids is 1. The van der Waals surface area contributed by atoms with Crippen LogP contribution in [0.1, 0.15) is 10.4 Å². The van der Waals surface area contributed by atoms with Gasteiger partial charge in [0.15, 0.2) is 0 Å². The molecule has 0 N–H and O–H groups in total. The highest BCUT2D eigenvalue weighted by Crippen LogP contribution is 2.26. The summed E-state index contributed by atoms with van der Waals surface area (Å²) in [6.45, 7) is 2.42. The van der Waals surface area contributed by atoms with Gasteiger partial charge in [-0.25, -0.2) is 8.42 Å². The van der Waals surface area contributed by atoms with E-state index in [4.69, 9.17) is 23.2 Å². The molecule has 1 aliphatic heterocycles. The predicted octanol–water partition coefficient (Wildman–Crippen LogP) is 3.35. The molecule has 0 bridgehead atoms. The highest BCUT2D eigenvalue weighted by atomic mass is 35.5. The number of nitrogens with zero attached hydrogens (tertiary/aromatic N) is 3. The number of carbonyl (C=O) groups is 1. The molecule has 2 aromatic carbocycles. The first kappa shape index (κ1) is 20.8. The Morgan fingerprint density at radius 1 is 1.04 bits per heavy atom. The number of hydrogen-bond acceptors (Lipinski definition) is 4. The molecule has 0 saturated carbocycles. The Balaban J connectivity index is 1.75. The SMILES string of the molecule is CN(c1ccc(Cl)c(C(=O)N2CCN(c3cccc(Cl)c3)CC2)c1)S(C)(=O)=O. The third-order valence-corrected chi connectivity index (χ3v) is 6.55. The van der Waals surface area contributed by atoms with Crippen LogP contribution in [0.4, 0.5) is 11.4 Å². The topological polar surface area (TPSA) is 60.9 Å². The Labute approximate surface area is 175 Å². The maximum absolute atomic E-state index is 13.0. The van der Waals surface area contributed by atoms with Crippen LogP contribution in [-0.4, -0.2) is 58.7 Å². The molecule has 1 saturated heterocycles. The van der Waals surface area contributed by atoms with Gasteiger partial charge in [0.25, 0.3) is 5.91 Å². The van der Waals surface area contributed by atoms with Gasteiger partial charge >= 0.3 is 0 Å².